The molecule has 2 aromatic carbocycles. The highest BCUT2D eigenvalue weighted by molar-refractivity contribution is 5.50. The van der Waals surface area contributed by atoms with Crippen molar-refractivity contribution in [2.24, 2.45) is 0 Å². The van der Waals surface area contributed by atoms with Crippen molar-refractivity contribution in [1.29, 1.82) is 10.5 Å². The van der Waals surface area contributed by atoms with Crippen LogP contribution in [0.3, 0.4) is 0 Å². The van der Waals surface area contributed by atoms with Gasteiger partial charge in [-0.1, -0.05) is 12.1 Å². The largest absolute Gasteiger partial charge is 0.376 e. The fourth-order valence-electron chi connectivity index (χ4n) is 1.90. The van der Waals surface area contributed by atoms with Crippen LogP contribution in [0.15, 0.2) is 42.5 Å². The number of anilines is 1. The van der Waals surface area contributed by atoms with Gasteiger partial charge in [0.05, 0.1) is 29.0 Å². The number of halogens is 1. The maximum atomic E-state index is 13.8. The first-order valence-electron chi connectivity index (χ1n) is 6.10. The van der Waals surface area contributed by atoms with Crippen LogP contribution in [-0.2, 0) is 0 Å². The molecular formula is C16H12FN3. The van der Waals surface area contributed by atoms with E-state index in [1.54, 1.807) is 30.3 Å². The summed E-state index contributed by atoms with van der Waals surface area (Å²) in [6.45, 7) is 1.88. The van der Waals surface area contributed by atoms with Gasteiger partial charge in [0.15, 0.2) is 0 Å². The Bertz CT molecular complexity index is 710. The molecule has 0 spiro atoms. The Morgan fingerprint density at radius 3 is 2.40 bits per heavy atom. The second-order valence-electron chi connectivity index (χ2n) is 4.41. The maximum Gasteiger partial charge on any atom is 0.147 e. The normalized spacial score (nSPS) is 11.2. The third kappa shape index (κ3) is 2.93. The Hall–Kier alpha value is -2.85. The summed E-state index contributed by atoms with van der Waals surface area (Å²) in [6, 6.07) is 15.3. The molecule has 0 amide bonds. The van der Waals surface area contributed by atoms with Gasteiger partial charge in [0.25, 0.3) is 0 Å². The molecule has 1 unspecified atom stereocenters. The highest BCUT2D eigenvalue weighted by Crippen LogP contribution is 2.22. The van der Waals surface area contributed by atoms with Crippen LogP contribution in [0.2, 0.25) is 0 Å². The van der Waals surface area contributed by atoms with Crippen molar-refractivity contribution in [1.82, 2.24) is 0 Å². The second-order valence-corrected chi connectivity index (χ2v) is 4.41. The fraction of sp³-hybridized carbons (Fsp3) is 0.125. The Kier molecular flexibility index (Phi) is 3.98. The topological polar surface area (TPSA) is 59.6 Å². The van der Waals surface area contributed by atoms with E-state index in [1.807, 2.05) is 19.1 Å². The summed E-state index contributed by atoms with van der Waals surface area (Å²) in [5, 5.41) is 20.6. The van der Waals surface area contributed by atoms with Crippen LogP contribution < -0.4 is 5.32 Å². The van der Waals surface area contributed by atoms with Crippen molar-refractivity contribution in [3.05, 3.63) is 65.0 Å². The summed E-state index contributed by atoms with van der Waals surface area (Å²) in [5.41, 5.74) is 2.08. The molecule has 0 aromatic heterocycles. The molecule has 2 aromatic rings. The van der Waals surface area contributed by atoms with Crippen LogP contribution in [0.4, 0.5) is 10.1 Å². The fourth-order valence-corrected chi connectivity index (χ4v) is 1.90. The third-order valence-corrected chi connectivity index (χ3v) is 2.99. The van der Waals surface area contributed by atoms with Gasteiger partial charge in [-0.2, -0.15) is 10.5 Å². The van der Waals surface area contributed by atoms with Crippen LogP contribution in [0.1, 0.15) is 29.7 Å². The van der Waals surface area contributed by atoms with Gasteiger partial charge in [-0.05, 0) is 42.8 Å². The smallest absolute Gasteiger partial charge is 0.147 e. The average Bonchev–Trinajstić information content (AvgIpc) is 2.49. The zero-order valence-corrected chi connectivity index (χ0v) is 10.9. The first-order chi connectivity index (χ1) is 9.63. The number of rotatable bonds is 3. The number of benzene rings is 2. The molecule has 0 heterocycles. The van der Waals surface area contributed by atoms with Crippen molar-refractivity contribution in [3.8, 4) is 12.1 Å². The maximum absolute atomic E-state index is 13.8. The molecule has 2 rings (SSSR count). The van der Waals surface area contributed by atoms with Crippen LogP contribution >= 0.6 is 0 Å². The monoisotopic (exact) mass is 265 g/mol. The number of hydrogen-bond donors (Lipinski definition) is 1. The van der Waals surface area contributed by atoms with E-state index in [9.17, 15) is 4.39 Å². The van der Waals surface area contributed by atoms with E-state index in [2.05, 4.69) is 11.4 Å². The van der Waals surface area contributed by atoms with Crippen molar-refractivity contribution in [3.63, 3.8) is 0 Å². The first-order valence-corrected chi connectivity index (χ1v) is 6.10. The van der Waals surface area contributed by atoms with Gasteiger partial charge in [0, 0.05) is 6.04 Å². The zero-order chi connectivity index (χ0) is 14.5. The highest BCUT2D eigenvalue weighted by atomic mass is 19.1. The summed E-state index contributed by atoms with van der Waals surface area (Å²) < 4.78 is 13.8. The molecular weight excluding hydrogens is 253 g/mol. The zero-order valence-electron chi connectivity index (χ0n) is 10.9. The standard InChI is InChI=1S/C16H12FN3/c1-11(14-4-2-3-12(7-14)9-18)20-16-6-5-13(10-19)8-15(16)17/h2-8,11,20H,1H3. The van der Waals surface area contributed by atoms with Gasteiger partial charge in [0.2, 0.25) is 0 Å². The minimum Gasteiger partial charge on any atom is -0.376 e. The van der Waals surface area contributed by atoms with E-state index < -0.39 is 5.82 Å². The SMILES string of the molecule is CC(Nc1ccc(C#N)cc1F)c1cccc(C#N)c1. The molecule has 0 bridgehead atoms. The summed E-state index contributed by atoms with van der Waals surface area (Å²) in [5.74, 6) is -0.465. The number of hydrogen-bond acceptors (Lipinski definition) is 3. The molecule has 0 radical (unpaired) electrons. The van der Waals surface area contributed by atoms with Gasteiger partial charge in [0.1, 0.15) is 5.82 Å². The van der Waals surface area contributed by atoms with Crippen molar-refractivity contribution >= 4 is 5.69 Å². The molecule has 98 valence electrons. The lowest BCUT2D eigenvalue weighted by molar-refractivity contribution is 0.627. The molecule has 0 aliphatic heterocycles. The molecule has 3 nitrogen and oxygen atoms in total. The predicted octanol–water partition coefficient (Wildman–Crippen LogP) is 3.74. The van der Waals surface area contributed by atoms with Crippen molar-refractivity contribution < 1.29 is 4.39 Å². The van der Waals surface area contributed by atoms with Crippen LogP contribution in [0.25, 0.3) is 0 Å². The molecule has 0 aliphatic rings. The van der Waals surface area contributed by atoms with E-state index in [1.165, 1.54) is 6.07 Å². The lowest BCUT2D eigenvalue weighted by Crippen LogP contribution is -2.08. The molecule has 4 heteroatoms. The molecule has 1 atom stereocenters. The number of nitrogens with one attached hydrogen (secondary N) is 1. The second kappa shape index (κ2) is 5.86. The van der Waals surface area contributed by atoms with Crippen LogP contribution in [0.5, 0.6) is 0 Å². The van der Waals surface area contributed by atoms with Crippen molar-refractivity contribution in [2.75, 3.05) is 5.32 Å². The Morgan fingerprint density at radius 1 is 1.05 bits per heavy atom. The molecule has 0 aliphatic carbocycles. The van der Waals surface area contributed by atoms with E-state index in [0.717, 1.165) is 5.56 Å². The van der Waals surface area contributed by atoms with E-state index in [-0.39, 0.29) is 11.6 Å². The Labute approximate surface area is 116 Å². The van der Waals surface area contributed by atoms with Gasteiger partial charge in [-0.15, -0.1) is 0 Å². The highest BCUT2D eigenvalue weighted by Gasteiger charge is 2.09. The lowest BCUT2D eigenvalue weighted by atomic mass is 10.1. The minimum atomic E-state index is -0.465. The van der Waals surface area contributed by atoms with E-state index in [0.29, 0.717) is 11.3 Å². The van der Waals surface area contributed by atoms with Gasteiger partial charge in [-0.25, -0.2) is 4.39 Å². The number of nitriles is 2. The molecule has 1 N–H and O–H groups in total. The van der Waals surface area contributed by atoms with Gasteiger partial charge < -0.3 is 5.32 Å². The lowest BCUT2D eigenvalue weighted by Gasteiger charge is -2.16. The van der Waals surface area contributed by atoms with Crippen LogP contribution in [0, 0.1) is 28.5 Å². The Balaban J connectivity index is 2.21. The number of nitrogens with zero attached hydrogens (tertiary/aromatic N) is 2. The minimum absolute atomic E-state index is 0.147. The van der Waals surface area contributed by atoms with Gasteiger partial charge in [-0.3, -0.25) is 0 Å². The van der Waals surface area contributed by atoms with E-state index >= 15 is 0 Å². The Morgan fingerprint density at radius 2 is 1.75 bits per heavy atom. The summed E-state index contributed by atoms with van der Waals surface area (Å²) >= 11 is 0. The first kappa shape index (κ1) is 13.6. The molecule has 0 saturated heterocycles. The quantitative estimate of drug-likeness (QED) is 0.919. The van der Waals surface area contributed by atoms with Crippen molar-refractivity contribution in [2.45, 2.75) is 13.0 Å². The van der Waals surface area contributed by atoms with Crippen LogP contribution in [-0.4, -0.2) is 0 Å². The van der Waals surface area contributed by atoms with Gasteiger partial charge >= 0.3 is 0 Å². The summed E-state index contributed by atoms with van der Waals surface area (Å²) in [6.07, 6.45) is 0. The average molecular weight is 265 g/mol. The summed E-state index contributed by atoms with van der Waals surface area (Å²) in [7, 11) is 0. The molecule has 0 fully saturated rings. The third-order valence-electron chi connectivity index (χ3n) is 2.99. The van der Waals surface area contributed by atoms with E-state index in [4.69, 9.17) is 10.5 Å². The summed E-state index contributed by atoms with van der Waals surface area (Å²) in [4.78, 5) is 0. The molecule has 20 heavy (non-hydrogen) atoms. The predicted molar refractivity (Wildman–Crippen MR) is 74.3 cm³/mol. The molecule has 0 saturated carbocycles.